The molecule has 0 spiro atoms. The minimum atomic E-state index is -2.72. The van der Waals surface area contributed by atoms with Crippen molar-refractivity contribution in [3.05, 3.63) is 73.3 Å². The predicted octanol–water partition coefficient (Wildman–Crippen LogP) is 4.14. The highest BCUT2D eigenvalue weighted by molar-refractivity contribution is 6.99. The highest BCUT2D eigenvalue weighted by atomic mass is 28.4. The van der Waals surface area contributed by atoms with Crippen LogP contribution in [-0.4, -0.2) is 59.4 Å². The molecule has 0 aliphatic rings. The van der Waals surface area contributed by atoms with Gasteiger partial charge in [0.15, 0.2) is 0 Å². The maximum Gasteiger partial charge on any atom is 0.261 e. The van der Waals surface area contributed by atoms with Gasteiger partial charge >= 0.3 is 0 Å². The van der Waals surface area contributed by atoms with Crippen molar-refractivity contribution in [2.75, 3.05) is 33.7 Å². The summed E-state index contributed by atoms with van der Waals surface area (Å²) in [5.74, 6) is -0.245. The molecule has 0 saturated heterocycles. The Morgan fingerprint density at radius 2 is 1.53 bits per heavy atom. The maximum atomic E-state index is 10.8. The highest BCUT2D eigenvalue weighted by Gasteiger charge is 2.50. The standard InChI is InChI=1S/C28H42O5Si/c1-7-14-27(32-22-31-20-19-30-6)26(23(2)29)21-33-34(28(3,4)5,24-15-10-8-11-16-24)25-17-12-9-13-18-25/h7-13,15-18,23,26-27,29H,1,14,19-22H2,2-6H3/t23-,26+,27+/m0/s1. The van der Waals surface area contributed by atoms with Crippen LogP contribution in [0.4, 0.5) is 0 Å². The average Bonchev–Trinajstić information content (AvgIpc) is 2.81. The van der Waals surface area contributed by atoms with E-state index in [1.165, 1.54) is 10.4 Å². The van der Waals surface area contributed by atoms with Crippen LogP contribution in [-0.2, 0) is 18.6 Å². The van der Waals surface area contributed by atoms with E-state index in [1.54, 1.807) is 14.0 Å². The SMILES string of the molecule is C=CC[C@@H](OCOCCOC)[C@H](CO[Si](c1ccccc1)(c1ccccc1)C(C)(C)C)[C@H](C)O. The van der Waals surface area contributed by atoms with Gasteiger partial charge in [-0.3, -0.25) is 0 Å². The molecule has 1 N–H and O–H groups in total. The first-order valence-corrected chi connectivity index (χ1v) is 13.9. The Balaban J connectivity index is 2.38. The van der Waals surface area contributed by atoms with Crippen molar-refractivity contribution < 1.29 is 23.7 Å². The van der Waals surface area contributed by atoms with E-state index < -0.39 is 14.4 Å². The highest BCUT2D eigenvalue weighted by Crippen LogP contribution is 2.37. The quantitative estimate of drug-likeness (QED) is 0.177. The second kappa shape index (κ2) is 13.9. The van der Waals surface area contributed by atoms with Gasteiger partial charge in [-0.15, -0.1) is 6.58 Å². The Labute approximate surface area is 206 Å². The molecule has 0 aliphatic heterocycles. The van der Waals surface area contributed by atoms with Crippen molar-refractivity contribution in [1.82, 2.24) is 0 Å². The molecule has 0 aromatic heterocycles. The lowest BCUT2D eigenvalue weighted by Crippen LogP contribution is -2.67. The Morgan fingerprint density at radius 3 is 1.97 bits per heavy atom. The van der Waals surface area contributed by atoms with E-state index >= 15 is 0 Å². The molecule has 0 aliphatic carbocycles. The number of hydrogen-bond acceptors (Lipinski definition) is 5. The molecular weight excluding hydrogens is 444 g/mol. The third-order valence-electron chi connectivity index (χ3n) is 6.20. The molecule has 3 atom stereocenters. The fourth-order valence-electron chi connectivity index (χ4n) is 4.41. The lowest BCUT2D eigenvalue weighted by Gasteiger charge is -2.44. The van der Waals surface area contributed by atoms with E-state index in [4.69, 9.17) is 18.6 Å². The van der Waals surface area contributed by atoms with Gasteiger partial charge < -0.3 is 23.7 Å². The molecule has 2 rings (SSSR count). The molecule has 0 bridgehead atoms. The van der Waals surface area contributed by atoms with Crippen LogP contribution in [0, 0.1) is 5.92 Å². The second-order valence-corrected chi connectivity index (χ2v) is 13.9. The molecule has 188 valence electrons. The number of methoxy groups -OCH3 is 1. The molecule has 2 aromatic rings. The zero-order chi connectivity index (χ0) is 25.0. The molecule has 0 saturated carbocycles. The number of aliphatic hydroxyl groups is 1. The summed E-state index contributed by atoms with van der Waals surface area (Å²) in [6, 6.07) is 21.0. The van der Waals surface area contributed by atoms with Crippen molar-refractivity contribution in [3.8, 4) is 0 Å². The topological polar surface area (TPSA) is 57.2 Å². The van der Waals surface area contributed by atoms with E-state index in [9.17, 15) is 5.11 Å². The first-order chi connectivity index (χ1) is 16.3. The van der Waals surface area contributed by atoms with Crippen LogP contribution in [0.3, 0.4) is 0 Å². The Kier molecular flexibility index (Phi) is 11.6. The summed E-state index contributed by atoms with van der Waals surface area (Å²) in [7, 11) is -1.08. The minimum absolute atomic E-state index is 0.129. The van der Waals surface area contributed by atoms with Gasteiger partial charge in [0.1, 0.15) is 6.79 Å². The normalized spacial score (nSPS) is 15.0. The summed E-state index contributed by atoms with van der Waals surface area (Å²) in [4.78, 5) is 0. The van der Waals surface area contributed by atoms with Crippen LogP contribution in [0.2, 0.25) is 5.04 Å². The van der Waals surface area contributed by atoms with E-state index in [2.05, 4.69) is 75.9 Å². The smallest absolute Gasteiger partial charge is 0.261 e. The molecular formula is C28H42O5Si. The maximum absolute atomic E-state index is 10.8. The van der Waals surface area contributed by atoms with Gasteiger partial charge in [-0.25, -0.2) is 0 Å². The largest absolute Gasteiger partial charge is 0.407 e. The van der Waals surface area contributed by atoms with Crippen LogP contribution in [0.1, 0.15) is 34.1 Å². The van der Waals surface area contributed by atoms with Crippen LogP contribution >= 0.6 is 0 Å². The van der Waals surface area contributed by atoms with Crippen LogP contribution < -0.4 is 10.4 Å². The predicted molar refractivity (Wildman–Crippen MR) is 141 cm³/mol. The van der Waals surface area contributed by atoms with Crippen LogP contribution in [0.15, 0.2) is 73.3 Å². The van der Waals surface area contributed by atoms with E-state index in [0.29, 0.717) is 26.2 Å². The van der Waals surface area contributed by atoms with Crippen molar-refractivity contribution in [2.24, 2.45) is 5.92 Å². The molecule has 34 heavy (non-hydrogen) atoms. The third-order valence-corrected chi connectivity index (χ3v) is 11.2. The van der Waals surface area contributed by atoms with Gasteiger partial charge in [0.25, 0.3) is 8.32 Å². The van der Waals surface area contributed by atoms with Gasteiger partial charge in [-0.1, -0.05) is 87.5 Å². The number of benzene rings is 2. The van der Waals surface area contributed by atoms with Crippen molar-refractivity contribution in [1.29, 1.82) is 0 Å². The third kappa shape index (κ3) is 7.35. The molecule has 2 aromatic carbocycles. The molecule has 6 heteroatoms. The van der Waals surface area contributed by atoms with Crippen molar-refractivity contribution in [2.45, 2.75) is 51.4 Å². The summed E-state index contributed by atoms with van der Waals surface area (Å²) in [5.41, 5.74) is 0. The molecule has 5 nitrogen and oxygen atoms in total. The lowest BCUT2D eigenvalue weighted by atomic mass is 9.95. The first-order valence-electron chi connectivity index (χ1n) is 12.0. The minimum Gasteiger partial charge on any atom is -0.407 e. The molecule has 0 amide bonds. The zero-order valence-electron chi connectivity index (χ0n) is 21.4. The van der Waals surface area contributed by atoms with Crippen LogP contribution in [0.5, 0.6) is 0 Å². The van der Waals surface area contributed by atoms with Crippen LogP contribution in [0.25, 0.3) is 0 Å². The molecule has 0 heterocycles. The van der Waals surface area contributed by atoms with Gasteiger partial charge in [0.2, 0.25) is 0 Å². The summed E-state index contributed by atoms with van der Waals surface area (Å²) in [6.07, 6.45) is 1.51. The average molecular weight is 487 g/mol. The van der Waals surface area contributed by atoms with Gasteiger partial charge in [-0.2, -0.15) is 0 Å². The van der Waals surface area contributed by atoms with Gasteiger partial charge in [-0.05, 0) is 28.8 Å². The summed E-state index contributed by atoms with van der Waals surface area (Å²) >= 11 is 0. The van der Waals surface area contributed by atoms with Gasteiger partial charge in [0, 0.05) is 19.6 Å². The Morgan fingerprint density at radius 1 is 0.971 bits per heavy atom. The summed E-state index contributed by atoms with van der Waals surface area (Å²) < 4.78 is 23.7. The number of aliphatic hydroxyl groups excluding tert-OH is 1. The van der Waals surface area contributed by atoms with Crippen molar-refractivity contribution >= 4 is 18.7 Å². The van der Waals surface area contributed by atoms with Gasteiger partial charge in [0.05, 0.1) is 25.4 Å². The zero-order valence-corrected chi connectivity index (χ0v) is 22.4. The first kappa shape index (κ1) is 28.4. The summed E-state index contributed by atoms with van der Waals surface area (Å²) in [5, 5.41) is 13.0. The summed E-state index contributed by atoms with van der Waals surface area (Å²) in [6.45, 7) is 13.9. The monoisotopic (exact) mass is 486 g/mol. The fourth-order valence-corrected chi connectivity index (χ4v) is 9.01. The number of hydrogen-bond donors (Lipinski definition) is 1. The van der Waals surface area contributed by atoms with E-state index in [1.807, 2.05) is 18.2 Å². The second-order valence-electron chi connectivity index (χ2n) is 9.63. The number of ether oxygens (including phenoxy) is 3. The van der Waals surface area contributed by atoms with E-state index in [0.717, 1.165) is 0 Å². The van der Waals surface area contributed by atoms with E-state index in [-0.39, 0.29) is 23.9 Å². The molecule has 0 fully saturated rings. The Bertz CT molecular complexity index is 780. The number of rotatable bonds is 15. The fraction of sp³-hybridized carbons (Fsp3) is 0.500. The molecule has 0 radical (unpaired) electrons. The lowest BCUT2D eigenvalue weighted by molar-refractivity contribution is -0.129. The molecule has 0 unspecified atom stereocenters. The van der Waals surface area contributed by atoms with Crippen molar-refractivity contribution in [3.63, 3.8) is 0 Å². The Hall–Kier alpha value is -1.80.